The normalized spacial score (nSPS) is 15.6. The van der Waals surface area contributed by atoms with E-state index in [0.717, 1.165) is 68.8 Å². The second kappa shape index (κ2) is 11.6. The zero-order chi connectivity index (χ0) is 21.2. The molecule has 1 aromatic heterocycles. The predicted molar refractivity (Wildman–Crippen MR) is 119 cm³/mol. The van der Waals surface area contributed by atoms with Gasteiger partial charge in [-0.05, 0) is 27.1 Å². The minimum absolute atomic E-state index is 0.597. The Balaban J connectivity index is 1.57. The number of guanidine groups is 1. The van der Waals surface area contributed by atoms with Gasteiger partial charge in [0, 0.05) is 57.4 Å². The molecule has 0 aliphatic carbocycles. The highest BCUT2D eigenvalue weighted by Crippen LogP contribution is 2.19. The minimum Gasteiger partial charge on any atom is -0.492 e. The summed E-state index contributed by atoms with van der Waals surface area (Å²) in [6.07, 6.45) is 1.63. The van der Waals surface area contributed by atoms with Crippen molar-refractivity contribution in [3.05, 3.63) is 47.9 Å². The summed E-state index contributed by atoms with van der Waals surface area (Å²) in [6.45, 7) is 9.75. The summed E-state index contributed by atoms with van der Waals surface area (Å²) in [7, 11) is 4.10. The lowest BCUT2D eigenvalue weighted by Gasteiger charge is -2.36. The van der Waals surface area contributed by atoms with E-state index in [2.05, 4.69) is 38.2 Å². The van der Waals surface area contributed by atoms with Crippen LogP contribution in [-0.2, 0) is 13.1 Å². The Morgan fingerprint density at radius 2 is 2.00 bits per heavy atom. The Morgan fingerprint density at radius 3 is 2.70 bits per heavy atom. The Morgan fingerprint density at radius 1 is 1.20 bits per heavy atom. The number of piperazine rings is 1. The number of rotatable bonds is 9. The first kappa shape index (κ1) is 22.1. The van der Waals surface area contributed by atoms with Gasteiger partial charge in [0.05, 0.1) is 12.2 Å². The van der Waals surface area contributed by atoms with Crippen molar-refractivity contribution >= 4 is 5.96 Å². The molecule has 1 aromatic carbocycles. The summed E-state index contributed by atoms with van der Waals surface area (Å²) in [5.41, 5.74) is 2.09. The Kier molecular flexibility index (Phi) is 8.53. The molecule has 1 aliphatic heterocycles. The van der Waals surface area contributed by atoms with Gasteiger partial charge < -0.3 is 24.4 Å². The summed E-state index contributed by atoms with van der Waals surface area (Å²) in [5.74, 6) is 1.87. The van der Waals surface area contributed by atoms with Crippen LogP contribution in [0.4, 0.5) is 0 Å². The summed E-state index contributed by atoms with van der Waals surface area (Å²) in [4.78, 5) is 11.8. The SMILES string of the molecule is CCNC(=NCc1ccccc1OCCN(C)C)N1CCN(Cc2ccon2)CC1. The molecule has 0 atom stereocenters. The highest BCUT2D eigenvalue weighted by atomic mass is 16.5. The maximum atomic E-state index is 5.98. The smallest absolute Gasteiger partial charge is 0.194 e. The van der Waals surface area contributed by atoms with Gasteiger partial charge in [-0.2, -0.15) is 0 Å². The van der Waals surface area contributed by atoms with Crippen LogP contribution in [0, 0.1) is 0 Å². The fourth-order valence-corrected chi connectivity index (χ4v) is 3.37. The lowest BCUT2D eigenvalue weighted by atomic mass is 10.2. The van der Waals surface area contributed by atoms with E-state index in [1.165, 1.54) is 0 Å². The highest BCUT2D eigenvalue weighted by molar-refractivity contribution is 5.80. The maximum absolute atomic E-state index is 5.98. The number of ether oxygens (including phenoxy) is 1. The zero-order valence-electron chi connectivity index (χ0n) is 18.4. The van der Waals surface area contributed by atoms with Crippen LogP contribution in [0.25, 0.3) is 0 Å². The number of nitrogens with one attached hydrogen (secondary N) is 1. The van der Waals surface area contributed by atoms with Gasteiger partial charge in [0.25, 0.3) is 0 Å². The van der Waals surface area contributed by atoms with Crippen molar-refractivity contribution in [2.24, 2.45) is 4.99 Å². The van der Waals surface area contributed by atoms with Crippen LogP contribution in [0.1, 0.15) is 18.2 Å². The van der Waals surface area contributed by atoms with Crippen molar-refractivity contribution in [2.75, 3.05) is 60.0 Å². The van der Waals surface area contributed by atoms with Crippen LogP contribution < -0.4 is 10.1 Å². The lowest BCUT2D eigenvalue weighted by Crippen LogP contribution is -2.52. The highest BCUT2D eigenvalue weighted by Gasteiger charge is 2.20. The predicted octanol–water partition coefficient (Wildman–Crippen LogP) is 1.90. The third-order valence-corrected chi connectivity index (χ3v) is 5.05. The van der Waals surface area contributed by atoms with Crippen LogP contribution in [0.5, 0.6) is 5.75 Å². The molecule has 0 saturated carbocycles. The van der Waals surface area contributed by atoms with Crippen LogP contribution in [0.2, 0.25) is 0 Å². The van der Waals surface area contributed by atoms with Crippen LogP contribution in [0.3, 0.4) is 0 Å². The molecule has 164 valence electrons. The molecular formula is C22H34N6O2. The molecule has 3 rings (SSSR count). The average Bonchev–Trinajstić information content (AvgIpc) is 3.25. The molecule has 2 aromatic rings. The van der Waals surface area contributed by atoms with Crippen LogP contribution >= 0.6 is 0 Å². The third-order valence-electron chi connectivity index (χ3n) is 5.05. The molecule has 30 heavy (non-hydrogen) atoms. The molecule has 8 heteroatoms. The summed E-state index contributed by atoms with van der Waals surface area (Å²) >= 11 is 0. The molecule has 2 heterocycles. The fourth-order valence-electron chi connectivity index (χ4n) is 3.37. The molecular weight excluding hydrogens is 380 g/mol. The molecule has 0 spiro atoms. The first-order chi connectivity index (χ1) is 14.7. The molecule has 0 unspecified atom stereocenters. The molecule has 0 radical (unpaired) electrons. The standard InChI is InChI=1S/C22H34N6O2/c1-4-23-22(28-12-10-27(11-13-28)18-20-9-15-30-25-20)24-17-19-7-5-6-8-21(19)29-16-14-26(2)3/h5-9,15H,4,10-14,16-18H2,1-3H3,(H,23,24). The van der Waals surface area contributed by atoms with E-state index in [-0.39, 0.29) is 0 Å². The van der Waals surface area contributed by atoms with Crippen molar-refractivity contribution in [1.82, 2.24) is 25.2 Å². The summed E-state index contributed by atoms with van der Waals surface area (Å²) < 4.78 is 10.9. The first-order valence-electron chi connectivity index (χ1n) is 10.7. The number of nitrogens with zero attached hydrogens (tertiary/aromatic N) is 5. The van der Waals surface area contributed by atoms with Gasteiger partial charge in [0.1, 0.15) is 18.6 Å². The van der Waals surface area contributed by atoms with E-state index in [0.29, 0.717) is 13.2 Å². The van der Waals surface area contributed by atoms with Crippen LogP contribution in [0.15, 0.2) is 46.1 Å². The molecule has 1 aliphatic rings. The number of hydrogen-bond donors (Lipinski definition) is 1. The van der Waals surface area contributed by atoms with Gasteiger partial charge in [-0.1, -0.05) is 23.4 Å². The second-order valence-corrected chi connectivity index (χ2v) is 7.68. The first-order valence-corrected chi connectivity index (χ1v) is 10.7. The van der Waals surface area contributed by atoms with E-state index in [1.54, 1.807) is 6.26 Å². The average molecular weight is 415 g/mol. The van der Waals surface area contributed by atoms with Gasteiger partial charge in [-0.15, -0.1) is 0 Å². The number of aliphatic imine (C=N–C) groups is 1. The fraction of sp³-hybridized carbons (Fsp3) is 0.545. The summed E-state index contributed by atoms with van der Waals surface area (Å²) in [5, 5.41) is 7.46. The largest absolute Gasteiger partial charge is 0.492 e. The quantitative estimate of drug-likeness (QED) is 0.496. The van der Waals surface area contributed by atoms with Crippen molar-refractivity contribution in [3.8, 4) is 5.75 Å². The molecule has 8 nitrogen and oxygen atoms in total. The molecule has 0 amide bonds. The number of benzene rings is 1. The Hall–Kier alpha value is -2.58. The van der Waals surface area contributed by atoms with Crippen molar-refractivity contribution in [3.63, 3.8) is 0 Å². The molecule has 1 saturated heterocycles. The minimum atomic E-state index is 0.597. The van der Waals surface area contributed by atoms with E-state index in [4.69, 9.17) is 14.3 Å². The van der Waals surface area contributed by atoms with E-state index < -0.39 is 0 Å². The van der Waals surface area contributed by atoms with Gasteiger partial charge in [-0.25, -0.2) is 4.99 Å². The van der Waals surface area contributed by atoms with Gasteiger partial charge in [0.15, 0.2) is 5.96 Å². The maximum Gasteiger partial charge on any atom is 0.194 e. The van der Waals surface area contributed by atoms with Crippen molar-refractivity contribution in [2.45, 2.75) is 20.0 Å². The van der Waals surface area contributed by atoms with Crippen LogP contribution in [-0.4, -0.2) is 85.8 Å². The second-order valence-electron chi connectivity index (χ2n) is 7.68. The van der Waals surface area contributed by atoms with Crippen molar-refractivity contribution in [1.29, 1.82) is 0 Å². The molecule has 0 bridgehead atoms. The number of aromatic nitrogens is 1. The zero-order valence-corrected chi connectivity index (χ0v) is 18.4. The third kappa shape index (κ3) is 6.74. The van der Waals surface area contributed by atoms with E-state index in [1.807, 2.05) is 38.4 Å². The number of para-hydroxylation sites is 1. The Bertz CT molecular complexity index is 770. The number of hydrogen-bond acceptors (Lipinski definition) is 6. The van der Waals surface area contributed by atoms with E-state index in [9.17, 15) is 0 Å². The monoisotopic (exact) mass is 414 g/mol. The molecule has 1 N–H and O–H groups in total. The van der Waals surface area contributed by atoms with Gasteiger partial charge >= 0.3 is 0 Å². The lowest BCUT2D eigenvalue weighted by molar-refractivity contribution is 0.169. The Labute approximate surface area is 179 Å². The van der Waals surface area contributed by atoms with E-state index >= 15 is 0 Å². The topological polar surface area (TPSA) is 69.4 Å². The number of likely N-dealkylation sites (N-methyl/N-ethyl adjacent to an activating group) is 1. The van der Waals surface area contributed by atoms with Gasteiger partial charge in [-0.3, -0.25) is 4.90 Å². The van der Waals surface area contributed by atoms with Crippen molar-refractivity contribution < 1.29 is 9.26 Å². The molecule has 1 fully saturated rings. The van der Waals surface area contributed by atoms with Gasteiger partial charge in [0.2, 0.25) is 0 Å². The summed E-state index contributed by atoms with van der Waals surface area (Å²) in [6, 6.07) is 10.1.